The number of fused-ring (bicyclic) bond motifs is 2. The summed E-state index contributed by atoms with van der Waals surface area (Å²) in [5, 5.41) is 3.74. The molecule has 0 aromatic heterocycles. The van der Waals surface area contributed by atoms with Crippen molar-refractivity contribution in [3.63, 3.8) is 0 Å². The molecule has 0 aliphatic carbocycles. The monoisotopic (exact) mass is 820 g/mol. The second kappa shape index (κ2) is 14.1. The Bertz CT molecular complexity index is 1670. The van der Waals surface area contributed by atoms with Gasteiger partial charge in [0.2, 0.25) is 0 Å². The Labute approximate surface area is 302 Å². The van der Waals surface area contributed by atoms with Crippen LogP contribution in [0.5, 0.6) is 23.0 Å². The third-order valence-corrected chi connectivity index (χ3v) is 26.1. The molecular formula is C39H64O7Si2Sn. The molecule has 1 aliphatic heterocycles. The topological polar surface area (TPSA) is 64.6 Å². The van der Waals surface area contributed by atoms with Crippen LogP contribution in [0, 0.1) is 0 Å². The molecule has 1 heterocycles. The minimum absolute atomic E-state index is 0.0504. The third-order valence-electron chi connectivity index (χ3n) is 11.4. The van der Waals surface area contributed by atoms with Gasteiger partial charge in [0, 0.05) is 0 Å². The summed E-state index contributed by atoms with van der Waals surface area (Å²) in [6.07, 6.45) is -0.125. The van der Waals surface area contributed by atoms with Crippen molar-refractivity contribution in [3.05, 3.63) is 29.8 Å². The zero-order valence-corrected chi connectivity index (χ0v) is 38.5. The van der Waals surface area contributed by atoms with Crippen molar-refractivity contribution in [2.24, 2.45) is 0 Å². The zero-order chi connectivity index (χ0) is 37.1. The molecule has 1 saturated heterocycles. The van der Waals surface area contributed by atoms with Crippen LogP contribution in [0.1, 0.15) is 66.6 Å². The number of methoxy groups -OCH3 is 4. The number of hydrogen-bond acceptors (Lipinski definition) is 7. The van der Waals surface area contributed by atoms with E-state index in [9.17, 15) is 0 Å². The van der Waals surface area contributed by atoms with Crippen molar-refractivity contribution in [2.45, 2.75) is 130 Å². The molecule has 4 rings (SSSR count). The van der Waals surface area contributed by atoms with E-state index in [-0.39, 0.29) is 34.5 Å². The zero-order valence-electron chi connectivity index (χ0n) is 33.7. The van der Waals surface area contributed by atoms with Crippen LogP contribution in [-0.4, -0.2) is 81.8 Å². The maximum atomic E-state index is 7.26. The van der Waals surface area contributed by atoms with Crippen LogP contribution >= 0.6 is 0 Å². The number of benzene rings is 3. The second-order valence-electron chi connectivity index (χ2n) is 17.8. The van der Waals surface area contributed by atoms with Crippen LogP contribution in [0.3, 0.4) is 0 Å². The van der Waals surface area contributed by atoms with Gasteiger partial charge in [-0.15, -0.1) is 0 Å². The van der Waals surface area contributed by atoms with E-state index in [1.54, 1.807) is 28.4 Å². The van der Waals surface area contributed by atoms with Crippen LogP contribution in [0.25, 0.3) is 21.5 Å². The van der Waals surface area contributed by atoms with Gasteiger partial charge in [0.1, 0.15) is 0 Å². The summed E-state index contributed by atoms with van der Waals surface area (Å²) in [6, 6.07) is 8.63. The number of ether oxygens (including phenoxy) is 5. The normalized spacial score (nSPS) is 21.3. The first-order valence-electron chi connectivity index (χ1n) is 17.7. The van der Waals surface area contributed by atoms with Gasteiger partial charge in [-0.05, 0) is 36.3 Å². The molecule has 10 heteroatoms. The van der Waals surface area contributed by atoms with E-state index in [1.165, 1.54) is 3.58 Å². The van der Waals surface area contributed by atoms with Gasteiger partial charge >= 0.3 is 205 Å². The molecule has 4 atom stereocenters. The van der Waals surface area contributed by atoms with Gasteiger partial charge in [-0.3, -0.25) is 0 Å². The molecular weight excluding hydrogens is 755 g/mol. The Morgan fingerprint density at radius 2 is 1.10 bits per heavy atom. The molecule has 0 N–H and O–H groups in total. The molecule has 3 aromatic carbocycles. The maximum absolute atomic E-state index is 7.26. The summed E-state index contributed by atoms with van der Waals surface area (Å²) in [6.45, 7) is 25.2. The van der Waals surface area contributed by atoms with E-state index >= 15 is 0 Å². The fourth-order valence-electron chi connectivity index (χ4n) is 6.58. The van der Waals surface area contributed by atoms with Gasteiger partial charge in [-0.1, -0.05) is 41.5 Å². The molecule has 0 unspecified atom stereocenters. The van der Waals surface area contributed by atoms with E-state index in [2.05, 4.69) is 114 Å². The van der Waals surface area contributed by atoms with Gasteiger partial charge in [0.25, 0.3) is 0 Å². The Kier molecular flexibility index (Phi) is 11.6. The van der Waals surface area contributed by atoms with Crippen molar-refractivity contribution < 1.29 is 32.5 Å². The fourth-order valence-corrected chi connectivity index (χ4v) is 13.6. The predicted octanol–water partition coefficient (Wildman–Crippen LogP) is 10.2. The van der Waals surface area contributed by atoms with Gasteiger partial charge < -0.3 is 4.43 Å². The van der Waals surface area contributed by atoms with E-state index in [1.807, 2.05) is 0 Å². The molecule has 274 valence electrons. The van der Waals surface area contributed by atoms with E-state index in [4.69, 9.17) is 32.5 Å². The number of rotatable bonds is 10. The quantitative estimate of drug-likeness (QED) is 0.149. The van der Waals surface area contributed by atoms with Crippen LogP contribution in [0.4, 0.5) is 0 Å². The molecule has 1 fully saturated rings. The Morgan fingerprint density at radius 3 is 1.55 bits per heavy atom. The molecule has 3 aromatic rings. The first-order valence-corrected chi connectivity index (χ1v) is 33.5. The number of hydrogen-bond donors (Lipinski definition) is 0. The molecule has 0 saturated carbocycles. The van der Waals surface area contributed by atoms with Crippen LogP contribution < -0.4 is 22.5 Å². The summed E-state index contributed by atoms with van der Waals surface area (Å²) < 4.78 is 47.6. The van der Waals surface area contributed by atoms with Crippen molar-refractivity contribution in [3.8, 4) is 23.0 Å². The van der Waals surface area contributed by atoms with Crippen LogP contribution in [-0.2, 0) is 13.6 Å². The molecule has 0 amide bonds. The summed E-state index contributed by atoms with van der Waals surface area (Å²) in [7, 11) is 2.64. The van der Waals surface area contributed by atoms with Gasteiger partial charge in [0.05, 0.1) is 0 Å². The van der Waals surface area contributed by atoms with Crippen molar-refractivity contribution in [2.75, 3.05) is 28.4 Å². The Hall–Kier alpha value is -1.51. The van der Waals surface area contributed by atoms with Gasteiger partial charge in [-0.2, -0.15) is 0 Å². The summed E-state index contributed by atoms with van der Waals surface area (Å²) in [5.74, 6) is 3.09. The molecule has 49 heavy (non-hydrogen) atoms. The molecule has 0 spiro atoms. The van der Waals surface area contributed by atoms with Crippen LogP contribution in [0.2, 0.25) is 51.1 Å². The van der Waals surface area contributed by atoms with Crippen molar-refractivity contribution in [1.29, 1.82) is 0 Å². The standard InChI is InChI=1S/C36H55O7Si2.3CH3.Sn/c1-22-31(43-45(14,15)36(5,6)7)28(42-44(12,13)35(2,3)4)21-27(41-22)23-19-20-25-30(32(23)38-9)34(40-11)24-17-16-18-26(37-8)29(24)33(25)39-10;;;;/h16-17,19-20,22,27-28,31H,21H2,1-15H3;3*1H3;/t22-,27-,28-,31-;;;;/m1..../s1. The third kappa shape index (κ3) is 7.54. The molecule has 0 bridgehead atoms. The molecule has 0 radical (unpaired) electrons. The first kappa shape index (κ1) is 40.3. The second-order valence-corrected chi connectivity index (χ2v) is 41.7. The predicted molar refractivity (Wildman–Crippen MR) is 213 cm³/mol. The van der Waals surface area contributed by atoms with E-state index < -0.39 is 35.0 Å². The minimum atomic E-state index is -2.57. The summed E-state index contributed by atoms with van der Waals surface area (Å²) in [5.41, 5.74) is 0.964. The summed E-state index contributed by atoms with van der Waals surface area (Å²) in [4.78, 5) is 7.19. The fraction of sp³-hybridized carbons (Fsp3) is 0.641. The average Bonchev–Trinajstić information content (AvgIpc) is 2.98. The molecule has 7 nitrogen and oxygen atoms in total. The van der Waals surface area contributed by atoms with Gasteiger partial charge in [0.15, 0.2) is 16.6 Å². The SMILES string of the molecule is COc1c([C@H]2C[C@@H](O[Si](C)(C)C(C)(C)C)[C@H](O[Si](C)(C)C(C)(C)C)[C@@H](C)O2)ccc2c(OC)c3c(OC)[c]([Sn]([CH3])([CH3])[CH3])ccc3c(OC)c12. The van der Waals surface area contributed by atoms with Crippen molar-refractivity contribution >= 4 is 60.1 Å². The average molecular weight is 820 g/mol. The molecule has 1 aliphatic rings. The van der Waals surface area contributed by atoms with E-state index in [0.29, 0.717) is 6.42 Å². The Morgan fingerprint density at radius 1 is 0.653 bits per heavy atom. The van der Waals surface area contributed by atoms with Crippen molar-refractivity contribution in [1.82, 2.24) is 0 Å². The summed E-state index contributed by atoms with van der Waals surface area (Å²) >= 11 is -2.57. The first-order chi connectivity index (χ1) is 22.5. The van der Waals surface area contributed by atoms with E-state index in [0.717, 1.165) is 50.1 Å². The van der Waals surface area contributed by atoms with Gasteiger partial charge in [-0.25, -0.2) is 0 Å². The Balaban J connectivity index is 1.95. The van der Waals surface area contributed by atoms with Crippen LogP contribution in [0.15, 0.2) is 24.3 Å².